The van der Waals surface area contributed by atoms with Gasteiger partial charge in [-0.15, -0.1) is 0 Å². The summed E-state index contributed by atoms with van der Waals surface area (Å²) in [5.74, 6) is 0. The highest BCUT2D eigenvalue weighted by atomic mass is 16.3. The van der Waals surface area contributed by atoms with Gasteiger partial charge in [-0.2, -0.15) is 5.10 Å². The number of nitrogens with zero attached hydrogens (tertiary/aromatic N) is 2. The quantitative estimate of drug-likeness (QED) is 0.849. The molecule has 1 heterocycles. The van der Waals surface area contributed by atoms with Crippen molar-refractivity contribution in [3.8, 4) is 0 Å². The molecule has 0 amide bonds. The number of hydrogen-bond donors (Lipinski definition) is 2. The van der Waals surface area contributed by atoms with Crippen LogP contribution in [-0.2, 0) is 18.4 Å². The first kappa shape index (κ1) is 14.1. The van der Waals surface area contributed by atoms with Gasteiger partial charge in [0.2, 0.25) is 0 Å². The molecule has 0 saturated heterocycles. The number of fused-ring (bicyclic) bond motifs is 1. The van der Waals surface area contributed by atoms with Gasteiger partial charge < -0.3 is 10.8 Å². The number of benzene rings is 1. The van der Waals surface area contributed by atoms with Crippen LogP contribution in [0.5, 0.6) is 0 Å². The topological polar surface area (TPSA) is 64.1 Å². The number of aryl methyl sites for hydroxylation is 1. The Labute approximate surface area is 125 Å². The summed E-state index contributed by atoms with van der Waals surface area (Å²) in [5, 5.41) is 15.6. The minimum Gasteiger partial charge on any atom is -0.399 e. The van der Waals surface area contributed by atoms with E-state index in [9.17, 15) is 5.11 Å². The minimum atomic E-state index is -0.808. The zero-order valence-electron chi connectivity index (χ0n) is 12.7. The maximum atomic E-state index is 11.0. The average Bonchev–Trinajstić information content (AvgIpc) is 3.04. The summed E-state index contributed by atoms with van der Waals surface area (Å²) in [6.45, 7) is 4.30. The molecule has 0 fully saturated rings. The van der Waals surface area contributed by atoms with Crippen LogP contribution in [0.15, 0.2) is 30.5 Å². The van der Waals surface area contributed by atoms with Crippen LogP contribution < -0.4 is 5.73 Å². The minimum absolute atomic E-state index is 0.393. The Morgan fingerprint density at radius 2 is 2.24 bits per heavy atom. The fourth-order valence-electron chi connectivity index (χ4n) is 3.14. The van der Waals surface area contributed by atoms with E-state index in [4.69, 9.17) is 5.73 Å². The lowest BCUT2D eigenvalue weighted by Crippen LogP contribution is -2.25. The van der Waals surface area contributed by atoms with Gasteiger partial charge in [-0.05, 0) is 55.5 Å². The summed E-state index contributed by atoms with van der Waals surface area (Å²) < 4.78 is 1.98. The molecule has 0 spiro atoms. The molecule has 4 heteroatoms. The highest BCUT2D eigenvalue weighted by Gasteiger charge is 2.37. The van der Waals surface area contributed by atoms with Crippen LogP contribution in [0.3, 0.4) is 0 Å². The third-order valence-electron chi connectivity index (χ3n) is 4.62. The van der Waals surface area contributed by atoms with Crippen molar-refractivity contribution in [3.63, 3.8) is 0 Å². The van der Waals surface area contributed by atoms with Gasteiger partial charge in [0.1, 0.15) is 0 Å². The SMILES string of the molecule is CCC(C)n1ccc(CC2(O)CCc3cc(N)ccc32)n1. The lowest BCUT2D eigenvalue weighted by atomic mass is 9.91. The largest absolute Gasteiger partial charge is 0.399 e. The van der Waals surface area contributed by atoms with Gasteiger partial charge >= 0.3 is 0 Å². The van der Waals surface area contributed by atoms with Gasteiger partial charge in [-0.25, -0.2) is 0 Å². The van der Waals surface area contributed by atoms with Crippen LogP contribution in [0.25, 0.3) is 0 Å². The number of rotatable bonds is 4. The van der Waals surface area contributed by atoms with Crippen molar-refractivity contribution in [3.05, 3.63) is 47.3 Å². The summed E-state index contributed by atoms with van der Waals surface area (Å²) in [7, 11) is 0. The van der Waals surface area contributed by atoms with Crippen LogP contribution >= 0.6 is 0 Å². The molecule has 0 saturated carbocycles. The maximum Gasteiger partial charge on any atom is 0.0958 e. The first-order chi connectivity index (χ1) is 10.0. The first-order valence-corrected chi connectivity index (χ1v) is 7.67. The zero-order chi connectivity index (χ0) is 15.0. The van der Waals surface area contributed by atoms with E-state index in [1.807, 2.05) is 35.1 Å². The van der Waals surface area contributed by atoms with Crippen molar-refractivity contribution in [2.24, 2.45) is 0 Å². The van der Waals surface area contributed by atoms with E-state index in [1.54, 1.807) is 0 Å². The average molecular weight is 285 g/mol. The molecule has 3 N–H and O–H groups in total. The Balaban J connectivity index is 1.84. The van der Waals surface area contributed by atoms with Crippen LogP contribution in [0.4, 0.5) is 5.69 Å². The van der Waals surface area contributed by atoms with Gasteiger partial charge in [-0.3, -0.25) is 4.68 Å². The molecule has 1 aromatic heterocycles. The van der Waals surface area contributed by atoms with E-state index in [0.717, 1.165) is 36.2 Å². The van der Waals surface area contributed by atoms with Crippen LogP contribution in [-0.4, -0.2) is 14.9 Å². The Morgan fingerprint density at radius 1 is 1.43 bits per heavy atom. The first-order valence-electron chi connectivity index (χ1n) is 7.67. The number of aromatic nitrogens is 2. The second-order valence-corrected chi connectivity index (χ2v) is 6.17. The number of anilines is 1. The molecule has 4 nitrogen and oxygen atoms in total. The van der Waals surface area contributed by atoms with Crippen molar-refractivity contribution < 1.29 is 5.11 Å². The molecule has 2 unspecified atom stereocenters. The third-order valence-corrected chi connectivity index (χ3v) is 4.62. The third kappa shape index (κ3) is 2.56. The summed E-state index contributed by atoms with van der Waals surface area (Å²) in [4.78, 5) is 0. The van der Waals surface area contributed by atoms with Gasteiger partial charge in [0.25, 0.3) is 0 Å². The van der Waals surface area contributed by atoms with Gasteiger partial charge in [-0.1, -0.05) is 13.0 Å². The highest BCUT2D eigenvalue weighted by Crippen LogP contribution is 2.39. The molecule has 21 heavy (non-hydrogen) atoms. The smallest absolute Gasteiger partial charge is 0.0958 e. The number of hydrogen-bond acceptors (Lipinski definition) is 3. The number of nitrogens with two attached hydrogens (primary N) is 1. The zero-order valence-corrected chi connectivity index (χ0v) is 12.7. The Bertz CT molecular complexity index is 649. The fourth-order valence-corrected chi connectivity index (χ4v) is 3.14. The summed E-state index contributed by atoms with van der Waals surface area (Å²) in [6, 6.07) is 8.21. The van der Waals surface area contributed by atoms with E-state index in [0.29, 0.717) is 12.5 Å². The second-order valence-electron chi connectivity index (χ2n) is 6.17. The lowest BCUT2D eigenvalue weighted by Gasteiger charge is -2.23. The fraction of sp³-hybridized carbons (Fsp3) is 0.471. The molecular weight excluding hydrogens is 262 g/mol. The highest BCUT2D eigenvalue weighted by molar-refractivity contribution is 5.49. The monoisotopic (exact) mass is 285 g/mol. The summed E-state index contributed by atoms with van der Waals surface area (Å²) in [6.07, 6.45) is 5.23. The molecule has 1 aliphatic rings. The molecule has 112 valence electrons. The summed E-state index contributed by atoms with van der Waals surface area (Å²) >= 11 is 0. The van der Waals surface area contributed by atoms with Gasteiger partial charge in [0, 0.05) is 24.3 Å². The predicted octanol–water partition coefficient (Wildman–Crippen LogP) is 2.81. The molecule has 2 aromatic rings. The number of aliphatic hydroxyl groups is 1. The van der Waals surface area contributed by atoms with Crippen molar-refractivity contribution in [2.45, 2.75) is 51.2 Å². The van der Waals surface area contributed by atoms with Crippen molar-refractivity contribution in [1.29, 1.82) is 0 Å². The molecule has 0 aliphatic heterocycles. The molecule has 0 bridgehead atoms. The molecule has 0 radical (unpaired) electrons. The molecule has 3 rings (SSSR count). The standard InChI is InChI=1S/C17H23N3O/c1-3-12(2)20-9-7-15(19-20)11-17(21)8-6-13-10-14(18)4-5-16(13)17/h4-5,7,9-10,12,21H,3,6,8,11,18H2,1-2H3. The second kappa shape index (κ2) is 5.19. The molecule has 2 atom stereocenters. The van der Waals surface area contributed by atoms with Crippen LogP contribution in [0.1, 0.15) is 49.6 Å². The molecule has 1 aliphatic carbocycles. The Hall–Kier alpha value is -1.81. The van der Waals surface area contributed by atoms with Crippen LogP contribution in [0, 0.1) is 0 Å². The van der Waals surface area contributed by atoms with E-state index < -0.39 is 5.60 Å². The number of nitrogen functional groups attached to an aromatic ring is 1. The van der Waals surface area contributed by atoms with Crippen molar-refractivity contribution >= 4 is 5.69 Å². The van der Waals surface area contributed by atoms with Crippen molar-refractivity contribution in [1.82, 2.24) is 9.78 Å². The van der Waals surface area contributed by atoms with Crippen molar-refractivity contribution in [2.75, 3.05) is 5.73 Å². The van der Waals surface area contributed by atoms with Gasteiger partial charge in [0.05, 0.1) is 11.3 Å². The van der Waals surface area contributed by atoms with Gasteiger partial charge in [0.15, 0.2) is 0 Å². The van der Waals surface area contributed by atoms with E-state index in [1.165, 1.54) is 5.56 Å². The molecular formula is C17H23N3O. The van der Waals surface area contributed by atoms with E-state index in [-0.39, 0.29) is 0 Å². The Morgan fingerprint density at radius 3 is 3.00 bits per heavy atom. The predicted molar refractivity (Wildman–Crippen MR) is 84.0 cm³/mol. The summed E-state index contributed by atoms with van der Waals surface area (Å²) in [5.41, 5.74) is 8.90. The molecule has 1 aromatic carbocycles. The maximum absolute atomic E-state index is 11.0. The lowest BCUT2D eigenvalue weighted by molar-refractivity contribution is 0.0378. The Kier molecular flexibility index (Phi) is 3.49. The van der Waals surface area contributed by atoms with Crippen LogP contribution in [0.2, 0.25) is 0 Å². The van der Waals surface area contributed by atoms with E-state index in [2.05, 4.69) is 18.9 Å². The van der Waals surface area contributed by atoms with E-state index >= 15 is 0 Å². The normalized spacial score (nSPS) is 22.2.